The lowest BCUT2D eigenvalue weighted by Crippen LogP contribution is -2.33. The average molecular weight is 444 g/mol. The zero-order chi connectivity index (χ0) is 22.1. The average Bonchev–Trinajstić information content (AvgIpc) is 3.24. The van der Waals surface area contributed by atoms with E-state index >= 15 is 0 Å². The molecule has 2 amide bonds. The summed E-state index contributed by atoms with van der Waals surface area (Å²) in [7, 11) is 1.62. The maximum absolute atomic E-state index is 13.2. The number of H-pyrrole nitrogens is 1. The Hall–Kier alpha value is -3.55. The number of carbonyl (C=O) groups excluding carboxylic acids is 2. The summed E-state index contributed by atoms with van der Waals surface area (Å²) in [5, 5.41) is 4.04. The summed E-state index contributed by atoms with van der Waals surface area (Å²) in [5.74, 6) is -0.243. The third-order valence-electron chi connectivity index (χ3n) is 5.43. The molecule has 3 aromatic carbocycles. The fraction of sp³-hybridized carbons (Fsp3) is 0.120. The van der Waals surface area contributed by atoms with Crippen molar-refractivity contribution in [1.29, 1.82) is 0 Å². The molecule has 0 spiro atoms. The molecule has 0 saturated heterocycles. The predicted molar refractivity (Wildman–Crippen MR) is 127 cm³/mol. The van der Waals surface area contributed by atoms with Gasteiger partial charge in [0.1, 0.15) is 0 Å². The van der Waals surface area contributed by atoms with Crippen LogP contribution in [0.4, 0.5) is 11.4 Å². The van der Waals surface area contributed by atoms with E-state index in [4.69, 9.17) is 4.74 Å². The van der Waals surface area contributed by atoms with E-state index in [9.17, 15) is 9.59 Å². The number of ether oxygens (including phenoxy) is 1. The van der Waals surface area contributed by atoms with Gasteiger partial charge in [-0.15, -0.1) is 0 Å². The third kappa shape index (κ3) is 3.77. The standard InChI is InChI=1S/C25H21N3O3S/c1-31-13-12-28-21-9-8-18(15-23(21)32-22-5-3-2-4-19(22)25(28)30)27-24(29)17-7-6-16-10-11-26-20(16)14-17/h2-11,14-15,26H,12-13H2,1H3,(H,27,29). The molecule has 7 heteroatoms. The molecule has 1 aromatic heterocycles. The van der Waals surface area contributed by atoms with Crippen molar-refractivity contribution in [1.82, 2.24) is 4.98 Å². The van der Waals surface area contributed by atoms with Gasteiger partial charge in [-0.2, -0.15) is 0 Å². The van der Waals surface area contributed by atoms with Gasteiger partial charge >= 0.3 is 0 Å². The van der Waals surface area contributed by atoms with Crippen molar-refractivity contribution in [2.75, 3.05) is 30.5 Å². The number of rotatable bonds is 5. The van der Waals surface area contributed by atoms with Crippen LogP contribution in [0.1, 0.15) is 20.7 Å². The summed E-state index contributed by atoms with van der Waals surface area (Å²) in [4.78, 5) is 32.7. The van der Waals surface area contributed by atoms with Gasteiger partial charge in [0.2, 0.25) is 0 Å². The molecule has 0 fully saturated rings. The van der Waals surface area contributed by atoms with Crippen LogP contribution >= 0.6 is 11.8 Å². The summed E-state index contributed by atoms with van der Waals surface area (Å²) < 4.78 is 5.23. The van der Waals surface area contributed by atoms with Crippen LogP contribution in [-0.2, 0) is 4.74 Å². The maximum Gasteiger partial charge on any atom is 0.259 e. The van der Waals surface area contributed by atoms with E-state index in [1.54, 1.807) is 12.0 Å². The number of nitrogens with one attached hydrogen (secondary N) is 2. The number of hydrogen-bond donors (Lipinski definition) is 2. The van der Waals surface area contributed by atoms with E-state index < -0.39 is 0 Å². The highest BCUT2D eigenvalue weighted by Gasteiger charge is 2.27. The van der Waals surface area contributed by atoms with Gasteiger partial charge in [-0.1, -0.05) is 30.0 Å². The molecule has 4 aromatic rings. The first kappa shape index (κ1) is 20.4. The first-order chi connectivity index (χ1) is 15.6. The minimum atomic E-state index is -0.187. The SMILES string of the molecule is COCCN1C(=O)c2ccccc2Sc2cc(NC(=O)c3ccc4cc[nH]c4c3)ccc21. The number of fused-ring (bicyclic) bond motifs is 3. The molecule has 1 aliphatic rings. The minimum absolute atomic E-state index is 0.0556. The lowest BCUT2D eigenvalue weighted by atomic mass is 10.1. The molecular formula is C25H21N3O3S. The fourth-order valence-corrected chi connectivity index (χ4v) is 4.92. The Morgan fingerprint density at radius 2 is 1.94 bits per heavy atom. The summed E-state index contributed by atoms with van der Waals surface area (Å²) in [6, 6.07) is 20.7. The van der Waals surface area contributed by atoms with Crippen LogP contribution in [0.2, 0.25) is 0 Å². The number of carbonyl (C=O) groups is 2. The summed E-state index contributed by atoms with van der Waals surface area (Å²) >= 11 is 1.52. The number of anilines is 2. The number of benzene rings is 3. The molecule has 6 nitrogen and oxygen atoms in total. The predicted octanol–water partition coefficient (Wildman–Crippen LogP) is 5.18. The topological polar surface area (TPSA) is 74.4 Å². The highest BCUT2D eigenvalue weighted by molar-refractivity contribution is 7.99. The second kappa shape index (κ2) is 8.53. The largest absolute Gasteiger partial charge is 0.383 e. The second-order valence-electron chi connectivity index (χ2n) is 7.46. The number of methoxy groups -OCH3 is 1. The summed E-state index contributed by atoms with van der Waals surface area (Å²) in [5.41, 5.74) is 3.63. The molecule has 0 saturated carbocycles. The molecule has 160 valence electrons. The van der Waals surface area contributed by atoms with E-state index in [1.807, 2.05) is 72.9 Å². The Kier molecular flexibility index (Phi) is 5.43. The Bertz CT molecular complexity index is 1330. The quantitative estimate of drug-likeness (QED) is 0.446. The highest BCUT2D eigenvalue weighted by atomic mass is 32.2. The summed E-state index contributed by atoms with van der Waals surface area (Å²) in [6.45, 7) is 0.872. The molecule has 32 heavy (non-hydrogen) atoms. The van der Waals surface area contributed by atoms with Crippen LogP contribution in [0.25, 0.3) is 10.9 Å². The van der Waals surface area contributed by atoms with Crippen molar-refractivity contribution in [3.05, 3.63) is 84.1 Å². The zero-order valence-electron chi connectivity index (χ0n) is 17.4. The third-order valence-corrected chi connectivity index (χ3v) is 6.55. The molecule has 0 aliphatic carbocycles. The first-order valence-corrected chi connectivity index (χ1v) is 11.1. The second-order valence-corrected chi connectivity index (χ2v) is 8.55. The smallest absolute Gasteiger partial charge is 0.259 e. The van der Waals surface area contributed by atoms with Crippen molar-refractivity contribution >= 4 is 45.9 Å². The minimum Gasteiger partial charge on any atom is -0.383 e. The fourth-order valence-electron chi connectivity index (χ4n) is 3.80. The van der Waals surface area contributed by atoms with Crippen LogP contribution in [-0.4, -0.2) is 37.1 Å². The molecule has 2 N–H and O–H groups in total. The van der Waals surface area contributed by atoms with Crippen LogP contribution in [0, 0.1) is 0 Å². The Morgan fingerprint density at radius 1 is 1.06 bits per heavy atom. The molecule has 0 atom stereocenters. The monoisotopic (exact) mass is 443 g/mol. The lowest BCUT2D eigenvalue weighted by Gasteiger charge is -2.23. The van der Waals surface area contributed by atoms with Crippen molar-refractivity contribution in [2.45, 2.75) is 9.79 Å². The van der Waals surface area contributed by atoms with Crippen molar-refractivity contribution in [3.8, 4) is 0 Å². The van der Waals surface area contributed by atoms with Crippen molar-refractivity contribution in [2.24, 2.45) is 0 Å². The number of hydrogen-bond acceptors (Lipinski definition) is 4. The van der Waals surface area contributed by atoms with Gasteiger partial charge in [-0.05, 0) is 53.9 Å². The van der Waals surface area contributed by atoms with E-state index in [-0.39, 0.29) is 11.8 Å². The van der Waals surface area contributed by atoms with Gasteiger partial charge in [-0.25, -0.2) is 0 Å². The van der Waals surface area contributed by atoms with Gasteiger partial charge in [0.15, 0.2) is 0 Å². The van der Waals surface area contributed by atoms with Crippen molar-refractivity contribution in [3.63, 3.8) is 0 Å². The number of aromatic nitrogens is 1. The normalized spacial score (nSPS) is 12.9. The highest BCUT2D eigenvalue weighted by Crippen LogP contribution is 2.42. The van der Waals surface area contributed by atoms with Crippen molar-refractivity contribution < 1.29 is 14.3 Å². The first-order valence-electron chi connectivity index (χ1n) is 10.2. The van der Waals surface area contributed by atoms with E-state index in [2.05, 4.69) is 10.3 Å². The van der Waals surface area contributed by atoms with Crippen LogP contribution < -0.4 is 10.2 Å². The van der Waals surface area contributed by atoms with Crippen LogP contribution in [0.3, 0.4) is 0 Å². The van der Waals surface area contributed by atoms with Crippen LogP contribution in [0.5, 0.6) is 0 Å². The lowest BCUT2D eigenvalue weighted by molar-refractivity contribution is 0.0972. The molecule has 0 unspecified atom stereocenters. The van der Waals surface area contributed by atoms with E-state index in [1.165, 1.54) is 11.8 Å². The number of aromatic amines is 1. The van der Waals surface area contributed by atoms with E-state index in [0.717, 1.165) is 26.4 Å². The van der Waals surface area contributed by atoms with Gasteiger partial charge in [0.25, 0.3) is 11.8 Å². The Labute approximate surface area is 189 Å². The Balaban J connectivity index is 1.47. The zero-order valence-corrected chi connectivity index (χ0v) is 18.2. The van der Waals surface area contributed by atoms with Crippen LogP contribution in [0.15, 0.2) is 82.7 Å². The van der Waals surface area contributed by atoms with Gasteiger partial charge in [0.05, 0.1) is 17.9 Å². The molecular weight excluding hydrogens is 422 g/mol. The molecule has 0 radical (unpaired) electrons. The maximum atomic E-state index is 13.2. The molecule has 0 bridgehead atoms. The Morgan fingerprint density at radius 3 is 2.81 bits per heavy atom. The van der Waals surface area contributed by atoms with Gasteiger partial charge < -0.3 is 19.9 Å². The molecule has 5 rings (SSSR count). The summed E-state index contributed by atoms with van der Waals surface area (Å²) in [6.07, 6.45) is 1.85. The van der Waals surface area contributed by atoms with Gasteiger partial charge in [0, 0.05) is 46.4 Å². The number of nitrogens with zero attached hydrogens (tertiary/aromatic N) is 1. The molecule has 1 aliphatic heterocycles. The van der Waals surface area contributed by atoms with E-state index in [0.29, 0.717) is 30.0 Å². The van der Waals surface area contributed by atoms with Gasteiger partial charge in [-0.3, -0.25) is 9.59 Å². The molecule has 2 heterocycles. The number of amides is 2.